The standard InChI is InChI=1S/C23H29N3O3/c1-14-4-3-5-15(10-14)18-12-26-9-8-17-16(20(26)11-19(18)24)6-7-21(28-2)23(17)29-13-22(25)27/h3-7,10,17-19H,8-9,11-13,24H2,1-2H3,(H2,25,27). The molecule has 2 heterocycles. The molecule has 1 aliphatic carbocycles. The molecule has 154 valence electrons. The third-order valence-electron chi connectivity index (χ3n) is 6.17. The van der Waals surface area contributed by atoms with E-state index in [9.17, 15) is 4.79 Å². The van der Waals surface area contributed by atoms with Gasteiger partial charge in [-0.25, -0.2) is 0 Å². The molecule has 3 atom stereocenters. The van der Waals surface area contributed by atoms with Crippen LogP contribution in [0.1, 0.15) is 29.9 Å². The Morgan fingerprint density at radius 3 is 2.86 bits per heavy atom. The molecule has 1 saturated heterocycles. The van der Waals surface area contributed by atoms with E-state index in [1.807, 2.05) is 6.08 Å². The molecule has 0 saturated carbocycles. The zero-order valence-electron chi connectivity index (χ0n) is 17.1. The smallest absolute Gasteiger partial charge is 0.255 e. The van der Waals surface area contributed by atoms with Gasteiger partial charge in [-0.05, 0) is 30.6 Å². The second-order valence-electron chi connectivity index (χ2n) is 8.10. The van der Waals surface area contributed by atoms with Crippen molar-refractivity contribution in [1.82, 2.24) is 4.90 Å². The van der Waals surface area contributed by atoms with E-state index >= 15 is 0 Å². The summed E-state index contributed by atoms with van der Waals surface area (Å²) in [6.45, 7) is 3.82. The van der Waals surface area contributed by atoms with Crippen molar-refractivity contribution in [1.29, 1.82) is 0 Å². The first-order chi connectivity index (χ1) is 14.0. The number of ether oxygens (including phenoxy) is 2. The zero-order valence-corrected chi connectivity index (χ0v) is 17.1. The van der Waals surface area contributed by atoms with Crippen LogP contribution in [0.2, 0.25) is 0 Å². The molecule has 2 aliphatic heterocycles. The molecule has 0 aromatic heterocycles. The van der Waals surface area contributed by atoms with Crippen molar-refractivity contribution in [3.05, 3.63) is 70.3 Å². The highest BCUT2D eigenvalue weighted by Gasteiger charge is 2.39. The zero-order chi connectivity index (χ0) is 20.5. The van der Waals surface area contributed by atoms with Crippen LogP contribution in [0.3, 0.4) is 0 Å². The van der Waals surface area contributed by atoms with Gasteiger partial charge in [0.1, 0.15) is 5.76 Å². The van der Waals surface area contributed by atoms with Gasteiger partial charge in [0.2, 0.25) is 0 Å². The third kappa shape index (κ3) is 3.77. The summed E-state index contributed by atoms with van der Waals surface area (Å²) in [7, 11) is 1.61. The van der Waals surface area contributed by atoms with E-state index in [0.717, 1.165) is 25.9 Å². The summed E-state index contributed by atoms with van der Waals surface area (Å²) in [5.74, 6) is 1.26. The summed E-state index contributed by atoms with van der Waals surface area (Å²) in [6, 6.07) is 8.73. The number of hydrogen-bond acceptors (Lipinski definition) is 5. The van der Waals surface area contributed by atoms with Gasteiger partial charge in [0, 0.05) is 43.1 Å². The summed E-state index contributed by atoms with van der Waals surface area (Å²) in [6.07, 6.45) is 5.75. The second-order valence-corrected chi connectivity index (χ2v) is 8.10. The summed E-state index contributed by atoms with van der Waals surface area (Å²) in [5.41, 5.74) is 17.0. The van der Waals surface area contributed by atoms with Gasteiger partial charge in [-0.3, -0.25) is 4.79 Å². The van der Waals surface area contributed by atoms with Crippen LogP contribution in [0.25, 0.3) is 0 Å². The van der Waals surface area contributed by atoms with E-state index in [4.69, 9.17) is 20.9 Å². The number of primary amides is 1. The van der Waals surface area contributed by atoms with Gasteiger partial charge in [0.25, 0.3) is 5.91 Å². The van der Waals surface area contributed by atoms with Crippen molar-refractivity contribution in [2.24, 2.45) is 17.4 Å². The van der Waals surface area contributed by atoms with Crippen molar-refractivity contribution in [2.75, 3.05) is 26.8 Å². The average molecular weight is 396 g/mol. The lowest BCUT2D eigenvalue weighted by molar-refractivity contribution is -0.121. The Morgan fingerprint density at radius 2 is 2.14 bits per heavy atom. The number of hydrogen-bond donors (Lipinski definition) is 2. The van der Waals surface area contributed by atoms with Crippen LogP contribution in [0.4, 0.5) is 0 Å². The molecule has 1 aromatic carbocycles. The quantitative estimate of drug-likeness (QED) is 0.798. The molecule has 1 fully saturated rings. The molecule has 1 aromatic rings. The molecule has 0 radical (unpaired) electrons. The molecule has 0 bridgehead atoms. The van der Waals surface area contributed by atoms with Gasteiger partial charge in [0.05, 0.1) is 7.11 Å². The third-order valence-corrected chi connectivity index (χ3v) is 6.17. The normalized spacial score (nSPS) is 26.2. The van der Waals surface area contributed by atoms with Gasteiger partial charge < -0.3 is 25.8 Å². The first-order valence-electron chi connectivity index (χ1n) is 10.2. The number of piperidine rings is 1. The maximum absolute atomic E-state index is 11.2. The van der Waals surface area contributed by atoms with Crippen molar-refractivity contribution < 1.29 is 14.3 Å². The molecule has 1 amide bonds. The van der Waals surface area contributed by atoms with Crippen LogP contribution in [-0.4, -0.2) is 43.7 Å². The molecule has 6 nitrogen and oxygen atoms in total. The highest BCUT2D eigenvalue weighted by molar-refractivity contribution is 5.75. The minimum absolute atomic E-state index is 0.0606. The number of fused-ring (bicyclic) bond motifs is 2. The Balaban J connectivity index is 1.62. The second kappa shape index (κ2) is 7.95. The number of nitrogens with zero attached hydrogens (tertiary/aromatic N) is 1. The Bertz CT molecular complexity index is 902. The number of aryl methyl sites for hydroxylation is 1. The molecular formula is C23H29N3O3. The predicted molar refractivity (Wildman–Crippen MR) is 112 cm³/mol. The molecule has 6 heteroatoms. The van der Waals surface area contributed by atoms with Gasteiger partial charge in [-0.15, -0.1) is 0 Å². The Hall–Kier alpha value is -2.73. The molecule has 29 heavy (non-hydrogen) atoms. The fourth-order valence-electron chi connectivity index (χ4n) is 4.79. The number of amides is 1. The van der Waals surface area contributed by atoms with Crippen LogP contribution in [0.15, 0.2) is 59.2 Å². The number of rotatable bonds is 5. The van der Waals surface area contributed by atoms with Crippen molar-refractivity contribution in [3.63, 3.8) is 0 Å². The fraction of sp³-hybridized carbons (Fsp3) is 0.435. The van der Waals surface area contributed by atoms with E-state index in [2.05, 4.69) is 42.2 Å². The Kier molecular flexibility index (Phi) is 5.37. The van der Waals surface area contributed by atoms with E-state index in [-0.39, 0.29) is 18.6 Å². The van der Waals surface area contributed by atoms with Crippen LogP contribution < -0.4 is 11.5 Å². The van der Waals surface area contributed by atoms with Crippen LogP contribution in [0.5, 0.6) is 0 Å². The lowest BCUT2D eigenvalue weighted by Crippen LogP contribution is -2.47. The minimum Gasteiger partial charge on any atom is -0.493 e. The SMILES string of the molecule is COC1=C(OCC(N)=O)C2CCN3CC(c4cccc(C)c4)C(N)CC3=C2C=C1. The molecular weight excluding hydrogens is 366 g/mol. The number of methoxy groups -OCH3 is 1. The Morgan fingerprint density at radius 1 is 1.31 bits per heavy atom. The Labute approximate surface area is 171 Å². The van der Waals surface area contributed by atoms with E-state index < -0.39 is 5.91 Å². The van der Waals surface area contributed by atoms with E-state index in [0.29, 0.717) is 17.4 Å². The van der Waals surface area contributed by atoms with Crippen LogP contribution in [0, 0.1) is 12.8 Å². The number of nitrogens with two attached hydrogens (primary N) is 2. The van der Waals surface area contributed by atoms with Gasteiger partial charge >= 0.3 is 0 Å². The van der Waals surface area contributed by atoms with E-state index in [1.54, 1.807) is 7.11 Å². The summed E-state index contributed by atoms with van der Waals surface area (Å²) < 4.78 is 11.3. The lowest BCUT2D eigenvalue weighted by atomic mass is 9.77. The number of carbonyl (C=O) groups excluding carboxylic acids is 1. The van der Waals surface area contributed by atoms with Crippen LogP contribution in [-0.2, 0) is 14.3 Å². The monoisotopic (exact) mass is 395 g/mol. The maximum Gasteiger partial charge on any atom is 0.255 e. The molecule has 4 rings (SSSR count). The largest absolute Gasteiger partial charge is 0.493 e. The predicted octanol–water partition coefficient (Wildman–Crippen LogP) is 2.32. The lowest BCUT2D eigenvalue weighted by Gasteiger charge is -2.46. The fourth-order valence-corrected chi connectivity index (χ4v) is 4.79. The van der Waals surface area contributed by atoms with Crippen LogP contribution >= 0.6 is 0 Å². The first kappa shape index (κ1) is 19.6. The minimum atomic E-state index is -0.491. The highest BCUT2D eigenvalue weighted by Crippen LogP contribution is 2.43. The van der Waals surface area contributed by atoms with Crippen molar-refractivity contribution in [3.8, 4) is 0 Å². The molecule has 3 unspecified atom stereocenters. The summed E-state index contributed by atoms with van der Waals surface area (Å²) in [5, 5.41) is 0. The molecule has 4 N–H and O–H groups in total. The van der Waals surface area contributed by atoms with Gasteiger partial charge in [-0.1, -0.05) is 35.9 Å². The number of carbonyl (C=O) groups is 1. The summed E-state index contributed by atoms with van der Waals surface area (Å²) >= 11 is 0. The van der Waals surface area contributed by atoms with Crippen molar-refractivity contribution in [2.45, 2.75) is 31.7 Å². The van der Waals surface area contributed by atoms with Gasteiger partial charge in [-0.2, -0.15) is 0 Å². The number of allylic oxidation sites excluding steroid dienone is 3. The maximum atomic E-state index is 11.2. The van der Waals surface area contributed by atoms with E-state index in [1.165, 1.54) is 22.4 Å². The first-order valence-corrected chi connectivity index (χ1v) is 10.2. The molecule has 3 aliphatic rings. The molecule has 0 spiro atoms. The topological polar surface area (TPSA) is 90.8 Å². The highest BCUT2D eigenvalue weighted by atomic mass is 16.5. The number of benzene rings is 1. The average Bonchev–Trinajstić information content (AvgIpc) is 2.71. The van der Waals surface area contributed by atoms with Crippen molar-refractivity contribution >= 4 is 5.91 Å². The summed E-state index contributed by atoms with van der Waals surface area (Å²) in [4.78, 5) is 13.7. The van der Waals surface area contributed by atoms with Gasteiger partial charge in [0.15, 0.2) is 12.4 Å².